The summed E-state index contributed by atoms with van der Waals surface area (Å²) in [7, 11) is 0. The quantitative estimate of drug-likeness (QED) is 0.542. The number of benzene rings is 2. The van der Waals surface area contributed by atoms with Crippen LogP contribution >= 0.6 is 23.4 Å². The number of carbonyl (C=O) groups excluding carboxylic acids is 2. The van der Waals surface area contributed by atoms with Crippen molar-refractivity contribution in [2.45, 2.75) is 23.8 Å². The summed E-state index contributed by atoms with van der Waals surface area (Å²) in [6.07, 6.45) is 2.21. The normalized spacial score (nSPS) is 14.5. The molecule has 2 aromatic rings. The van der Waals surface area contributed by atoms with Crippen molar-refractivity contribution in [1.29, 1.82) is 0 Å². The van der Waals surface area contributed by atoms with Crippen LogP contribution in [0.25, 0.3) is 0 Å². The minimum Gasteiger partial charge on any atom is -0.455 e. The fourth-order valence-electron chi connectivity index (χ4n) is 2.66. The average Bonchev–Trinajstić information content (AvgIpc) is 3.49. The van der Waals surface area contributed by atoms with Gasteiger partial charge in [-0.25, -0.2) is 0 Å². The second-order valence-electron chi connectivity index (χ2n) is 6.17. The average molecular weight is 390 g/mol. The van der Waals surface area contributed by atoms with Gasteiger partial charge in [-0.05, 0) is 36.5 Å². The summed E-state index contributed by atoms with van der Waals surface area (Å²) >= 11 is 7.34. The Labute approximate surface area is 162 Å². The lowest BCUT2D eigenvalue weighted by atomic mass is 10.0. The first-order valence-corrected chi connectivity index (χ1v) is 9.87. The van der Waals surface area contributed by atoms with Crippen LogP contribution in [0.15, 0.2) is 59.5 Å². The van der Waals surface area contributed by atoms with Gasteiger partial charge in [0, 0.05) is 4.90 Å². The van der Waals surface area contributed by atoms with E-state index in [0.29, 0.717) is 10.9 Å². The third-order valence-electron chi connectivity index (χ3n) is 4.12. The molecule has 1 aliphatic carbocycles. The first-order valence-electron chi connectivity index (χ1n) is 8.51. The Morgan fingerprint density at radius 1 is 1.12 bits per heavy atom. The van der Waals surface area contributed by atoms with Gasteiger partial charge in [-0.15, -0.1) is 11.8 Å². The van der Waals surface area contributed by atoms with Crippen LogP contribution in [0.4, 0.5) is 0 Å². The molecule has 136 valence electrons. The van der Waals surface area contributed by atoms with Crippen molar-refractivity contribution in [2.75, 3.05) is 12.4 Å². The van der Waals surface area contributed by atoms with Gasteiger partial charge in [-0.2, -0.15) is 0 Å². The molecule has 0 heterocycles. The summed E-state index contributed by atoms with van der Waals surface area (Å²) in [4.78, 5) is 24.9. The zero-order chi connectivity index (χ0) is 18.4. The van der Waals surface area contributed by atoms with Crippen molar-refractivity contribution in [2.24, 2.45) is 5.92 Å². The van der Waals surface area contributed by atoms with Crippen LogP contribution in [-0.2, 0) is 14.3 Å². The Balaban J connectivity index is 1.44. The van der Waals surface area contributed by atoms with Crippen LogP contribution in [0.2, 0.25) is 5.02 Å². The molecule has 26 heavy (non-hydrogen) atoms. The summed E-state index contributed by atoms with van der Waals surface area (Å²) in [5.41, 5.74) is 1.09. The Morgan fingerprint density at radius 2 is 1.81 bits per heavy atom. The van der Waals surface area contributed by atoms with E-state index in [1.54, 1.807) is 6.07 Å². The van der Waals surface area contributed by atoms with Crippen LogP contribution in [0, 0.1) is 5.92 Å². The van der Waals surface area contributed by atoms with Gasteiger partial charge in [0.1, 0.15) is 0 Å². The first kappa shape index (κ1) is 18.8. The molecule has 3 rings (SSSR count). The van der Waals surface area contributed by atoms with E-state index >= 15 is 0 Å². The molecule has 1 aliphatic rings. The number of esters is 1. The summed E-state index contributed by atoms with van der Waals surface area (Å²) in [5, 5.41) is 3.58. The highest BCUT2D eigenvalue weighted by atomic mass is 35.5. The molecule has 0 aromatic heterocycles. The van der Waals surface area contributed by atoms with Crippen LogP contribution < -0.4 is 5.32 Å². The lowest BCUT2D eigenvalue weighted by Crippen LogP contribution is -2.33. The summed E-state index contributed by atoms with van der Waals surface area (Å²) in [6, 6.07) is 17.2. The maximum absolute atomic E-state index is 12.2. The molecule has 1 unspecified atom stereocenters. The number of carbonyl (C=O) groups is 2. The Kier molecular flexibility index (Phi) is 6.58. The largest absolute Gasteiger partial charge is 0.455 e. The fourth-order valence-corrected chi connectivity index (χ4v) is 3.70. The lowest BCUT2D eigenvalue weighted by molar-refractivity contribution is -0.146. The summed E-state index contributed by atoms with van der Waals surface area (Å²) in [6.45, 7) is -0.266. The Bertz CT molecular complexity index is 765. The van der Waals surface area contributed by atoms with E-state index in [9.17, 15) is 9.59 Å². The number of amides is 1. The monoisotopic (exact) mass is 389 g/mol. The number of hydrogen-bond donors (Lipinski definition) is 1. The third kappa shape index (κ3) is 5.51. The number of nitrogens with one attached hydrogen (secondary N) is 1. The van der Waals surface area contributed by atoms with Crippen molar-refractivity contribution < 1.29 is 14.3 Å². The van der Waals surface area contributed by atoms with Gasteiger partial charge in [-0.3, -0.25) is 9.59 Å². The van der Waals surface area contributed by atoms with Gasteiger partial charge in [0.2, 0.25) is 0 Å². The zero-order valence-corrected chi connectivity index (χ0v) is 15.8. The SMILES string of the molecule is O=C(COC(=O)CSc1ccccc1Cl)NC(c1ccccc1)C1CC1. The molecule has 1 saturated carbocycles. The molecule has 1 fully saturated rings. The van der Waals surface area contributed by atoms with Gasteiger partial charge in [0.15, 0.2) is 6.61 Å². The number of ether oxygens (including phenoxy) is 1. The van der Waals surface area contributed by atoms with Crippen molar-refractivity contribution in [1.82, 2.24) is 5.32 Å². The predicted octanol–water partition coefficient (Wildman–Crippen LogP) is 4.24. The van der Waals surface area contributed by atoms with Crippen LogP contribution in [-0.4, -0.2) is 24.2 Å². The van der Waals surface area contributed by atoms with E-state index in [2.05, 4.69) is 5.32 Å². The molecule has 0 radical (unpaired) electrons. The van der Waals surface area contributed by atoms with Crippen molar-refractivity contribution in [3.05, 3.63) is 65.2 Å². The number of rotatable bonds is 8. The van der Waals surface area contributed by atoms with Crippen LogP contribution in [0.5, 0.6) is 0 Å². The number of halogens is 1. The lowest BCUT2D eigenvalue weighted by Gasteiger charge is -2.18. The van der Waals surface area contributed by atoms with E-state index in [4.69, 9.17) is 16.3 Å². The van der Waals surface area contributed by atoms with Gasteiger partial charge < -0.3 is 10.1 Å². The second-order valence-corrected chi connectivity index (χ2v) is 7.60. The minimum absolute atomic E-state index is 0.0140. The molecule has 0 saturated heterocycles. The van der Waals surface area contributed by atoms with Gasteiger partial charge in [-0.1, -0.05) is 54.1 Å². The van der Waals surface area contributed by atoms with E-state index < -0.39 is 5.97 Å². The fraction of sp³-hybridized carbons (Fsp3) is 0.300. The third-order valence-corrected chi connectivity index (χ3v) is 5.60. The highest BCUT2D eigenvalue weighted by Gasteiger charge is 2.33. The van der Waals surface area contributed by atoms with E-state index in [0.717, 1.165) is 23.3 Å². The molecule has 4 nitrogen and oxygen atoms in total. The Morgan fingerprint density at radius 3 is 2.50 bits per heavy atom. The predicted molar refractivity (Wildman–Crippen MR) is 103 cm³/mol. The topological polar surface area (TPSA) is 55.4 Å². The molecule has 0 aliphatic heterocycles. The smallest absolute Gasteiger partial charge is 0.316 e. The highest BCUT2D eigenvalue weighted by Crippen LogP contribution is 2.40. The van der Waals surface area contributed by atoms with Crippen molar-refractivity contribution >= 4 is 35.2 Å². The molecule has 0 bridgehead atoms. The van der Waals surface area contributed by atoms with Crippen LogP contribution in [0.1, 0.15) is 24.4 Å². The molecule has 1 atom stereocenters. The summed E-state index contributed by atoms with van der Waals surface area (Å²) in [5.74, 6) is -0.135. The second kappa shape index (κ2) is 9.10. The molecule has 0 spiro atoms. The first-order chi connectivity index (χ1) is 12.6. The van der Waals surface area contributed by atoms with Gasteiger partial charge in [0.05, 0.1) is 16.8 Å². The maximum Gasteiger partial charge on any atom is 0.316 e. The maximum atomic E-state index is 12.2. The van der Waals surface area contributed by atoms with Crippen molar-refractivity contribution in [3.8, 4) is 0 Å². The van der Waals surface area contributed by atoms with E-state index in [-0.39, 0.29) is 24.3 Å². The van der Waals surface area contributed by atoms with E-state index in [1.165, 1.54) is 11.8 Å². The molecule has 6 heteroatoms. The molecule has 1 N–H and O–H groups in total. The Hall–Kier alpha value is -1.98. The highest BCUT2D eigenvalue weighted by molar-refractivity contribution is 8.00. The van der Waals surface area contributed by atoms with Gasteiger partial charge >= 0.3 is 5.97 Å². The molecule has 1 amide bonds. The van der Waals surface area contributed by atoms with Gasteiger partial charge in [0.25, 0.3) is 5.91 Å². The summed E-state index contributed by atoms with van der Waals surface area (Å²) < 4.78 is 5.09. The minimum atomic E-state index is -0.437. The standard InChI is InChI=1S/C20H20ClNO3S/c21-16-8-4-5-9-17(16)26-13-19(24)25-12-18(23)22-20(15-10-11-15)14-6-2-1-3-7-14/h1-9,15,20H,10-13H2,(H,22,23). The van der Waals surface area contributed by atoms with E-state index in [1.807, 2.05) is 48.5 Å². The number of thioether (sulfide) groups is 1. The number of hydrogen-bond acceptors (Lipinski definition) is 4. The van der Waals surface area contributed by atoms with Crippen molar-refractivity contribution in [3.63, 3.8) is 0 Å². The van der Waals surface area contributed by atoms with Crippen LogP contribution in [0.3, 0.4) is 0 Å². The molecular weight excluding hydrogens is 370 g/mol. The zero-order valence-electron chi connectivity index (χ0n) is 14.2. The molecular formula is C20H20ClNO3S. The molecule has 2 aromatic carbocycles.